The molecule has 1 nitrogen and oxygen atoms in total. The molecule has 0 radical (unpaired) electrons. The smallest absolute Gasteiger partial charge is 0.130 e. The fourth-order valence-electron chi connectivity index (χ4n) is 5.55. The van der Waals surface area contributed by atoms with E-state index in [1.54, 1.807) is 6.08 Å². The highest BCUT2D eigenvalue weighted by Gasteiger charge is 2.49. The molecule has 0 spiro atoms. The molecule has 0 N–H and O–H groups in total. The molecule has 1 unspecified atom stereocenters. The van der Waals surface area contributed by atoms with Crippen molar-refractivity contribution in [2.75, 3.05) is 0 Å². The van der Waals surface area contributed by atoms with Crippen molar-refractivity contribution in [2.24, 2.45) is 0 Å². The Hall–Kier alpha value is -4.02. The van der Waals surface area contributed by atoms with Gasteiger partial charge < -0.3 is 4.74 Å². The van der Waals surface area contributed by atoms with Crippen molar-refractivity contribution in [1.82, 2.24) is 0 Å². The topological polar surface area (TPSA) is 9.23 Å². The van der Waals surface area contributed by atoms with E-state index in [0.29, 0.717) is 12.4 Å². The maximum Gasteiger partial charge on any atom is 0.130 e. The Kier molecular flexibility index (Phi) is 6.21. The Bertz CT molecular complexity index is 1640. The van der Waals surface area contributed by atoms with Crippen LogP contribution in [0.1, 0.15) is 33.4 Å². The summed E-state index contributed by atoms with van der Waals surface area (Å²) in [5.74, 6) is -0.502. The summed E-state index contributed by atoms with van der Waals surface area (Å²) in [6.07, 6.45) is 1.80. The lowest BCUT2D eigenvalue weighted by molar-refractivity contribution is 0.306. The maximum absolute atomic E-state index is 15.7. The molecule has 38 heavy (non-hydrogen) atoms. The molecule has 0 heterocycles. The predicted molar refractivity (Wildman–Crippen MR) is 152 cm³/mol. The molecule has 5 aromatic rings. The molecule has 0 saturated heterocycles. The Morgan fingerprint density at radius 3 is 2.13 bits per heavy atom. The SMILES string of the molecule is C=Cc1ccc(COc2ccc(C3(c4c(F)cccc4F)c4ccccc4-c4ccc(Br)cc43)cc2)cc1. The first-order valence-corrected chi connectivity index (χ1v) is 13.1. The van der Waals surface area contributed by atoms with Crippen LogP contribution in [0.3, 0.4) is 0 Å². The van der Waals surface area contributed by atoms with Gasteiger partial charge >= 0.3 is 0 Å². The molecule has 0 saturated carbocycles. The minimum atomic E-state index is -1.18. The molecule has 186 valence electrons. The summed E-state index contributed by atoms with van der Waals surface area (Å²) in [5.41, 5.74) is 5.26. The zero-order valence-electron chi connectivity index (χ0n) is 20.4. The highest BCUT2D eigenvalue weighted by molar-refractivity contribution is 9.10. The quantitative estimate of drug-likeness (QED) is 0.196. The van der Waals surface area contributed by atoms with E-state index in [9.17, 15) is 0 Å². The number of benzene rings is 5. The van der Waals surface area contributed by atoms with Crippen LogP contribution in [0.4, 0.5) is 8.78 Å². The third kappa shape index (κ3) is 3.88. The van der Waals surface area contributed by atoms with Gasteiger partial charge in [0.05, 0.1) is 5.41 Å². The Morgan fingerprint density at radius 1 is 0.737 bits per heavy atom. The minimum Gasteiger partial charge on any atom is -0.489 e. The average molecular weight is 565 g/mol. The van der Waals surface area contributed by atoms with Gasteiger partial charge in [0, 0.05) is 10.0 Å². The number of fused-ring (bicyclic) bond motifs is 3. The van der Waals surface area contributed by atoms with Gasteiger partial charge in [0.25, 0.3) is 0 Å². The molecule has 0 amide bonds. The second-order valence-corrected chi connectivity index (χ2v) is 10.3. The predicted octanol–water partition coefficient (Wildman–Crippen LogP) is 9.31. The van der Waals surface area contributed by atoms with E-state index in [4.69, 9.17) is 4.74 Å². The lowest BCUT2D eigenvalue weighted by Crippen LogP contribution is -2.31. The zero-order valence-corrected chi connectivity index (χ0v) is 22.0. The van der Waals surface area contributed by atoms with Crippen LogP contribution in [0.15, 0.2) is 120 Å². The third-order valence-corrected chi connectivity index (χ3v) is 7.75. The van der Waals surface area contributed by atoms with E-state index in [1.165, 1.54) is 18.2 Å². The van der Waals surface area contributed by atoms with E-state index in [0.717, 1.165) is 43.4 Å². The fourth-order valence-corrected chi connectivity index (χ4v) is 5.91. The van der Waals surface area contributed by atoms with Crippen LogP contribution in [0.5, 0.6) is 5.75 Å². The van der Waals surface area contributed by atoms with Gasteiger partial charge in [0.2, 0.25) is 0 Å². The minimum absolute atomic E-state index is 0.0141. The molecule has 1 atom stereocenters. The summed E-state index contributed by atoms with van der Waals surface area (Å²) in [6, 6.07) is 33.4. The van der Waals surface area contributed by atoms with Crippen LogP contribution in [0.2, 0.25) is 0 Å². The largest absolute Gasteiger partial charge is 0.489 e. The molecule has 4 heteroatoms. The van der Waals surface area contributed by atoms with E-state index < -0.39 is 17.0 Å². The van der Waals surface area contributed by atoms with Gasteiger partial charge in [-0.2, -0.15) is 0 Å². The van der Waals surface area contributed by atoms with Gasteiger partial charge in [0.15, 0.2) is 0 Å². The highest BCUT2D eigenvalue weighted by atomic mass is 79.9. The summed E-state index contributed by atoms with van der Waals surface area (Å²) in [6.45, 7) is 4.19. The highest BCUT2D eigenvalue weighted by Crippen LogP contribution is 2.57. The lowest BCUT2D eigenvalue weighted by Gasteiger charge is -2.34. The number of hydrogen-bond donors (Lipinski definition) is 0. The first-order valence-electron chi connectivity index (χ1n) is 12.3. The van der Waals surface area contributed by atoms with Gasteiger partial charge in [-0.25, -0.2) is 8.78 Å². The van der Waals surface area contributed by atoms with Crippen molar-refractivity contribution >= 4 is 22.0 Å². The summed E-state index contributed by atoms with van der Waals surface area (Å²) < 4.78 is 38.2. The van der Waals surface area contributed by atoms with Crippen LogP contribution in [-0.2, 0) is 12.0 Å². The summed E-state index contributed by atoms with van der Waals surface area (Å²) >= 11 is 3.59. The number of rotatable bonds is 6. The van der Waals surface area contributed by atoms with Crippen LogP contribution >= 0.6 is 15.9 Å². The number of ether oxygens (including phenoxy) is 1. The molecule has 0 aromatic heterocycles. The first kappa shape index (κ1) is 24.3. The molecule has 1 aliphatic rings. The average Bonchev–Trinajstić information content (AvgIpc) is 3.22. The van der Waals surface area contributed by atoms with E-state index in [1.807, 2.05) is 91.0 Å². The fraction of sp³-hybridized carbons (Fsp3) is 0.0588. The van der Waals surface area contributed by atoms with Crippen molar-refractivity contribution < 1.29 is 13.5 Å². The van der Waals surface area contributed by atoms with Gasteiger partial charge in [-0.15, -0.1) is 0 Å². The van der Waals surface area contributed by atoms with Crippen molar-refractivity contribution in [3.05, 3.63) is 165 Å². The van der Waals surface area contributed by atoms with E-state index >= 15 is 8.78 Å². The molecule has 0 aliphatic heterocycles. The molecule has 6 rings (SSSR count). The Labute approximate surface area is 229 Å². The maximum atomic E-state index is 15.7. The summed E-state index contributed by atoms with van der Waals surface area (Å²) in [4.78, 5) is 0. The Balaban J connectivity index is 1.50. The lowest BCUT2D eigenvalue weighted by atomic mass is 9.67. The van der Waals surface area contributed by atoms with Crippen LogP contribution in [0.25, 0.3) is 17.2 Å². The van der Waals surface area contributed by atoms with Crippen LogP contribution in [0, 0.1) is 11.6 Å². The van der Waals surface area contributed by atoms with Crippen LogP contribution < -0.4 is 4.74 Å². The van der Waals surface area contributed by atoms with Crippen molar-refractivity contribution in [2.45, 2.75) is 12.0 Å². The Morgan fingerprint density at radius 2 is 1.42 bits per heavy atom. The van der Waals surface area contributed by atoms with Crippen molar-refractivity contribution in [1.29, 1.82) is 0 Å². The molecule has 1 aliphatic carbocycles. The van der Waals surface area contributed by atoms with Crippen LogP contribution in [-0.4, -0.2) is 0 Å². The summed E-state index contributed by atoms with van der Waals surface area (Å²) in [5, 5.41) is 0. The zero-order chi connectivity index (χ0) is 26.3. The first-order chi connectivity index (χ1) is 18.5. The van der Waals surface area contributed by atoms with Crippen molar-refractivity contribution in [3.8, 4) is 16.9 Å². The number of halogens is 3. The van der Waals surface area contributed by atoms with Gasteiger partial charge in [-0.05, 0) is 75.3 Å². The molecule has 0 fully saturated rings. The van der Waals surface area contributed by atoms with E-state index in [-0.39, 0.29) is 5.56 Å². The number of hydrogen-bond acceptors (Lipinski definition) is 1. The van der Waals surface area contributed by atoms with E-state index in [2.05, 4.69) is 22.5 Å². The monoisotopic (exact) mass is 564 g/mol. The second-order valence-electron chi connectivity index (χ2n) is 9.34. The normalized spacial score (nSPS) is 15.6. The summed E-state index contributed by atoms with van der Waals surface area (Å²) in [7, 11) is 0. The third-order valence-electron chi connectivity index (χ3n) is 7.25. The molecule has 0 bridgehead atoms. The van der Waals surface area contributed by atoms with Gasteiger partial charge in [-0.1, -0.05) is 101 Å². The van der Waals surface area contributed by atoms with Crippen molar-refractivity contribution in [3.63, 3.8) is 0 Å². The second kappa shape index (κ2) is 9.70. The molecular weight excluding hydrogens is 542 g/mol. The van der Waals surface area contributed by atoms with Gasteiger partial charge in [0.1, 0.15) is 24.0 Å². The molecular formula is C34H23BrF2O. The standard InChI is InChI=1S/C34H23BrF2O/c1-2-22-10-12-23(13-11-22)21-38-26-17-14-24(15-18-26)34(33-31(36)8-5-9-32(33)37)29-7-4-3-6-27(29)28-19-16-25(35)20-30(28)34/h2-20H,1,21H2. The van der Waals surface area contributed by atoms with Gasteiger partial charge in [-0.3, -0.25) is 0 Å². The molecule has 5 aromatic carbocycles.